The van der Waals surface area contributed by atoms with Gasteiger partial charge in [-0.05, 0) is 36.4 Å². The molecule has 3 aromatic carbocycles. The second-order valence-corrected chi connectivity index (χ2v) is 6.47. The standard InChI is InChI=1S/C23H15F3N2O/c24-23(25,26)16-10-12-17(13-11-16)27-22(29)19-14-21(15-6-2-1-3-7-15)28-20-9-5-4-8-18(19)20/h1-14H,(H,27,29). The maximum absolute atomic E-state index is 12.9. The summed E-state index contributed by atoms with van der Waals surface area (Å²) in [5.74, 6) is -0.416. The van der Waals surface area contributed by atoms with Crippen molar-refractivity contribution in [3.63, 3.8) is 0 Å². The predicted molar refractivity (Wildman–Crippen MR) is 107 cm³/mol. The van der Waals surface area contributed by atoms with E-state index in [0.717, 1.165) is 17.7 Å². The van der Waals surface area contributed by atoms with Crippen LogP contribution in [0.1, 0.15) is 15.9 Å². The van der Waals surface area contributed by atoms with Gasteiger partial charge in [0.2, 0.25) is 0 Å². The van der Waals surface area contributed by atoms with Crippen molar-refractivity contribution in [1.29, 1.82) is 0 Å². The lowest BCUT2D eigenvalue weighted by Gasteiger charge is -2.12. The van der Waals surface area contributed by atoms with E-state index in [4.69, 9.17) is 0 Å². The molecule has 0 aliphatic carbocycles. The molecule has 0 aliphatic heterocycles. The number of carbonyl (C=O) groups is 1. The number of fused-ring (bicyclic) bond motifs is 1. The van der Waals surface area contributed by atoms with Crippen LogP contribution in [-0.2, 0) is 6.18 Å². The number of hydrogen-bond acceptors (Lipinski definition) is 2. The van der Waals surface area contributed by atoms with E-state index in [0.29, 0.717) is 22.2 Å². The van der Waals surface area contributed by atoms with E-state index in [-0.39, 0.29) is 5.69 Å². The number of amides is 1. The molecule has 29 heavy (non-hydrogen) atoms. The Morgan fingerprint density at radius 1 is 0.828 bits per heavy atom. The zero-order chi connectivity index (χ0) is 20.4. The van der Waals surface area contributed by atoms with E-state index in [1.807, 2.05) is 42.5 Å². The molecule has 1 N–H and O–H groups in total. The highest BCUT2D eigenvalue weighted by molar-refractivity contribution is 6.13. The van der Waals surface area contributed by atoms with Gasteiger partial charge in [0.15, 0.2) is 0 Å². The molecule has 0 aliphatic rings. The minimum absolute atomic E-state index is 0.283. The smallest absolute Gasteiger partial charge is 0.322 e. The SMILES string of the molecule is O=C(Nc1ccc(C(F)(F)F)cc1)c1cc(-c2ccccc2)nc2ccccc12. The zero-order valence-electron chi connectivity index (χ0n) is 15.1. The summed E-state index contributed by atoms with van der Waals surface area (Å²) in [5, 5.41) is 3.34. The molecule has 0 saturated heterocycles. The van der Waals surface area contributed by atoms with Crippen molar-refractivity contribution in [2.24, 2.45) is 0 Å². The Kier molecular flexibility index (Phi) is 4.76. The van der Waals surface area contributed by atoms with Gasteiger partial charge in [0.1, 0.15) is 0 Å². The summed E-state index contributed by atoms with van der Waals surface area (Å²) in [6.45, 7) is 0. The van der Waals surface area contributed by atoms with Crippen LogP contribution in [0, 0.1) is 0 Å². The average molecular weight is 392 g/mol. The van der Waals surface area contributed by atoms with Gasteiger partial charge in [-0.25, -0.2) is 4.98 Å². The van der Waals surface area contributed by atoms with Crippen molar-refractivity contribution in [1.82, 2.24) is 4.98 Å². The van der Waals surface area contributed by atoms with Crippen molar-refractivity contribution in [2.75, 3.05) is 5.32 Å². The number of hydrogen-bond donors (Lipinski definition) is 1. The molecular weight excluding hydrogens is 377 g/mol. The summed E-state index contributed by atoms with van der Waals surface area (Å²) in [6.07, 6.45) is -4.42. The summed E-state index contributed by atoms with van der Waals surface area (Å²) in [7, 11) is 0. The molecule has 0 bridgehead atoms. The predicted octanol–water partition coefficient (Wildman–Crippen LogP) is 6.17. The Morgan fingerprint density at radius 3 is 2.17 bits per heavy atom. The highest BCUT2D eigenvalue weighted by Crippen LogP contribution is 2.30. The lowest BCUT2D eigenvalue weighted by Crippen LogP contribution is -2.13. The van der Waals surface area contributed by atoms with Crippen LogP contribution in [0.15, 0.2) is 84.9 Å². The summed E-state index contributed by atoms with van der Waals surface area (Å²) >= 11 is 0. The number of pyridine rings is 1. The number of nitrogens with zero attached hydrogens (tertiary/aromatic N) is 1. The largest absolute Gasteiger partial charge is 0.416 e. The Hall–Kier alpha value is -3.67. The molecule has 0 fully saturated rings. The normalized spacial score (nSPS) is 11.4. The van der Waals surface area contributed by atoms with Gasteiger partial charge in [-0.15, -0.1) is 0 Å². The van der Waals surface area contributed by atoms with Crippen LogP contribution in [-0.4, -0.2) is 10.9 Å². The monoisotopic (exact) mass is 392 g/mol. The third-order valence-corrected chi connectivity index (χ3v) is 4.50. The van der Waals surface area contributed by atoms with Crippen LogP contribution in [0.2, 0.25) is 0 Å². The molecular formula is C23H15F3N2O. The van der Waals surface area contributed by atoms with Crippen LogP contribution in [0.5, 0.6) is 0 Å². The van der Waals surface area contributed by atoms with E-state index in [1.54, 1.807) is 18.2 Å². The summed E-state index contributed by atoms with van der Waals surface area (Å²) in [5.41, 5.74) is 2.07. The molecule has 6 heteroatoms. The minimum Gasteiger partial charge on any atom is -0.322 e. The number of carbonyl (C=O) groups excluding carboxylic acids is 1. The van der Waals surface area contributed by atoms with Gasteiger partial charge in [0.05, 0.1) is 22.3 Å². The molecule has 1 amide bonds. The summed E-state index contributed by atoms with van der Waals surface area (Å²) in [6, 6.07) is 22.7. The molecule has 1 heterocycles. The van der Waals surface area contributed by atoms with Gasteiger partial charge in [0.25, 0.3) is 5.91 Å². The number of rotatable bonds is 3. The first-order chi connectivity index (χ1) is 13.9. The summed E-state index contributed by atoms with van der Waals surface area (Å²) < 4.78 is 38.2. The fourth-order valence-corrected chi connectivity index (χ4v) is 3.06. The fraction of sp³-hybridized carbons (Fsp3) is 0.0435. The summed E-state index contributed by atoms with van der Waals surface area (Å²) in [4.78, 5) is 17.6. The first kappa shape index (κ1) is 18.7. The number of halogens is 3. The van der Waals surface area contributed by atoms with Crippen molar-refractivity contribution in [3.05, 3.63) is 96.1 Å². The van der Waals surface area contributed by atoms with Gasteiger partial charge >= 0.3 is 6.18 Å². The molecule has 0 saturated carbocycles. The Balaban J connectivity index is 1.71. The van der Waals surface area contributed by atoms with E-state index in [2.05, 4.69) is 10.3 Å². The second-order valence-electron chi connectivity index (χ2n) is 6.47. The topological polar surface area (TPSA) is 42.0 Å². The number of anilines is 1. The average Bonchev–Trinajstić information content (AvgIpc) is 2.73. The second kappa shape index (κ2) is 7.39. The molecule has 0 radical (unpaired) electrons. The molecule has 4 aromatic rings. The number of para-hydroxylation sites is 1. The van der Waals surface area contributed by atoms with Gasteiger partial charge < -0.3 is 5.32 Å². The molecule has 4 rings (SSSR count). The van der Waals surface area contributed by atoms with Crippen LogP contribution in [0.3, 0.4) is 0 Å². The van der Waals surface area contributed by atoms with Crippen LogP contribution >= 0.6 is 0 Å². The zero-order valence-corrected chi connectivity index (χ0v) is 15.1. The molecule has 1 aromatic heterocycles. The minimum atomic E-state index is -4.42. The number of alkyl halides is 3. The molecule has 3 nitrogen and oxygen atoms in total. The van der Waals surface area contributed by atoms with Gasteiger partial charge in [-0.3, -0.25) is 4.79 Å². The van der Waals surface area contributed by atoms with Gasteiger partial charge in [-0.1, -0.05) is 48.5 Å². The lowest BCUT2D eigenvalue weighted by molar-refractivity contribution is -0.137. The lowest BCUT2D eigenvalue weighted by atomic mass is 10.0. The number of aromatic nitrogens is 1. The fourth-order valence-electron chi connectivity index (χ4n) is 3.06. The van der Waals surface area contributed by atoms with Gasteiger partial charge in [0, 0.05) is 16.6 Å². The third kappa shape index (κ3) is 3.96. The van der Waals surface area contributed by atoms with Crippen LogP contribution in [0.4, 0.5) is 18.9 Å². The Bertz CT molecular complexity index is 1170. The van der Waals surface area contributed by atoms with Crippen molar-refractivity contribution in [3.8, 4) is 11.3 Å². The maximum Gasteiger partial charge on any atom is 0.416 e. The number of benzene rings is 3. The first-order valence-corrected chi connectivity index (χ1v) is 8.86. The van der Waals surface area contributed by atoms with E-state index in [1.165, 1.54) is 12.1 Å². The molecule has 144 valence electrons. The van der Waals surface area contributed by atoms with Crippen molar-refractivity contribution < 1.29 is 18.0 Å². The molecule has 0 atom stereocenters. The first-order valence-electron chi connectivity index (χ1n) is 8.86. The highest BCUT2D eigenvalue weighted by atomic mass is 19.4. The van der Waals surface area contributed by atoms with Crippen LogP contribution in [0.25, 0.3) is 22.2 Å². The Morgan fingerprint density at radius 2 is 1.48 bits per heavy atom. The Labute approximate surface area is 164 Å². The van der Waals surface area contributed by atoms with E-state index < -0.39 is 17.6 Å². The number of nitrogens with one attached hydrogen (secondary N) is 1. The van der Waals surface area contributed by atoms with Gasteiger partial charge in [-0.2, -0.15) is 13.2 Å². The quantitative estimate of drug-likeness (QED) is 0.453. The van der Waals surface area contributed by atoms with E-state index in [9.17, 15) is 18.0 Å². The van der Waals surface area contributed by atoms with Crippen molar-refractivity contribution in [2.45, 2.75) is 6.18 Å². The van der Waals surface area contributed by atoms with E-state index >= 15 is 0 Å². The molecule has 0 spiro atoms. The highest BCUT2D eigenvalue weighted by Gasteiger charge is 2.30. The van der Waals surface area contributed by atoms with Crippen molar-refractivity contribution >= 4 is 22.5 Å². The third-order valence-electron chi connectivity index (χ3n) is 4.50. The van der Waals surface area contributed by atoms with Crippen LogP contribution < -0.4 is 5.32 Å². The maximum atomic E-state index is 12.9. The molecule has 0 unspecified atom stereocenters.